The number of fused-ring (bicyclic) bond motifs is 1. The van der Waals surface area contributed by atoms with Crippen molar-refractivity contribution in [2.24, 2.45) is 0 Å². The maximum atomic E-state index is 4.29. The molecule has 1 aromatic carbocycles. The highest BCUT2D eigenvalue weighted by atomic mass is 15.0. The van der Waals surface area contributed by atoms with Crippen LogP contribution in [0.3, 0.4) is 0 Å². The number of aromatic amines is 1. The van der Waals surface area contributed by atoms with Gasteiger partial charge >= 0.3 is 0 Å². The molecule has 3 rings (SSSR count). The van der Waals surface area contributed by atoms with Gasteiger partial charge in [-0.25, -0.2) is 15.0 Å². The van der Waals surface area contributed by atoms with E-state index in [9.17, 15) is 0 Å². The van der Waals surface area contributed by atoms with Crippen molar-refractivity contribution >= 4 is 11.2 Å². The standard InChI is InChI=1S/C12H10N4/c1-2-4-9(5-3-1)6-10-11-12(15-7-13-10)16-8-14-11/h1-5,7-8H,6H2,(H,13,14,15,16). The summed E-state index contributed by atoms with van der Waals surface area (Å²) in [6.45, 7) is 0. The number of rotatable bonds is 2. The predicted molar refractivity (Wildman–Crippen MR) is 60.9 cm³/mol. The average molecular weight is 210 g/mol. The molecule has 0 spiro atoms. The van der Waals surface area contributed by atoms with Crippen molar-refractivity contribution in [1.82, 2.24) is 19.9 Å². The first-order valence-corrected chi connectivity index (χ1v) is 5.10. The molecule has 78 valence electrons. The number of nitrogens with zero attached hydrogens (tertiary/aromatic N) is 3. The fourth-order valence-electron chi connectivity index (χ4n) is 1.74. The van der Waals surface area contributed by atoms with Crippen LogP contribution >= 0.6 is 0 Å². The second-order valence-electron chi connectivity index (χ2n) is 3.58. The summed E-state index contributed by atoms with van der Waals surface area (Å²) < 4.78 is 0. The molecule has 0 atom stereocenters. The third-order valence-corrected chi connectivity index (χ3v) is 2.52. The summed E-state index contributed by atoms with van der Waals surface area (Å²) in [5.41, 5.74) is 3.86. The van der Waals surface area contributed by atoms with Crippen LogP contribution in [-0.4, -0.2) is 19.9 Å². The fraction of sp³-hybridized carbons (Fsp3) is 0.0833. The van der Waals surface area contributed by atoms with Crippen LogP contribution in [0.2, 0.25) is 0 Å². The van der Waals surface area contributed by atoms with Crippen molar-refractivity contribution in [3.63, 3.8) is 0 Å². The van der Waals surface area contributed by atoms with Gasteiger partial charge in [0.15, 0.2) is 5.65 Å². The van der Waals surface area contributed by atoms with Crippen molar-refractivity contribution in [1.29, 1.82) is 0 Å². The second kappa shape index (κ2) is 3.73. The van der Waals surface area contributed by atoms with E-state index in [1.807, 2.05) is 18.2 Å². The zero-order chi connectivity index (χ0) is 10.8. The molecule has 1 N–H and O–H groups in total. The van der Waals surface area contributed by atoms with Gasteiger partial charge in [-0.1, -0.05) is 30.3 Å². The number of benzene rings is 1. The zero-order valence-corrected chi connectivity index (χ0v) is 8.59. The van der Waals surface area contributed by atoms with Crippen LogP contribution in [0.4, 0.5) is 0 Å². The lowest BCUT2D eigenvalue weighted by Crippen LogP contribution is -1.94. The molecule has 0 bridgehead atoms. The maximum absolute atomic E-state index is 4.29. The van der Waals surface area contributed by atoms with E-state index in [0.717, 1.165) is 23.3 Å². The number of imidazole rings is 1. The summed E-state index contributed by atoms with van der Waals surface area (Å²) in [6, 6.07) is 10.2. The van der Waals surface area contributed by atoms with Crippen LogP contribution in [0.15, 0.2) is 43.0 Å². The van der Waals surface area contributed by atoms with E-state index >= 15 is 0 Å². The Labute approximate surface area is 92.4 Å². The van der Waals surface area contributed by atoms with Crippen molar-refractivity contribution in [3.05, 3.63) is 54.2 Å². The summed E-state index contributed by atoms with van der Waals surface area (Å²) in [5.74, 6) is 0. The van der Waals surface area contributed by atoms with Gasteiger partial charge < -0.3 is 4.98 Å². The molecule has 0 aliphatic carbocycles. The van der Waals surface area contributed by atoms with E-state index in [2.05, 4.69) is 32.1 Å². The van der Waals surface area contributed by atoms with Crippen LogP contribution in [0.5, 0.6) is 0 Å². The van der Waals surface area contributed by atoms with E-state index in [-0.39, 0.29) is 0 Å². The minimum Gasteiger partial charge on any atom is -0.342 e. The summed E-state index contributed by atoms with van der Waals surface area (Å²) in [4.78, 5) is 15.6. The van der Waals surface area contributed by atoms with Crippen molar-refractivity contribution in [2.75, 3.05) is 0 Å². The molecule has 16 heavy (non-hydrogen) atoms. The largest absolute Gasteiger partial charge is 0.342 e. The first kappa shape index (κ1) is 9.03. The van der Waals surface area contributed by atoms with Crippen LogP contribution < -0.4 is 0 Å². The van der Waals surface area contributed by atoms with E-state index < -0.39 is 0 Å². The van der Waals surface area contributed by atoms with E-state index in [4.69, 9.17) is 0 Å². The summed E-state index contributed by atoms with van der Waals surface area (Å²) >= 11 is 0. The highest BCUT2D eigenvalue weighted by Crippen LogP contribution is 2.13. The Bertz CT molecular complexity index is 600. The number of hydrogen-bond acceptors (Lipinski definition) is 3. The molecule has 0 saturated heterocycles. The average Bonchev–Trinajstić information content (AvgIpc) is 2.80. The Morgan fingerprint density at radius 3 is 2.75 bits per heavy atom. The Morgan fingerprint density at radius 1 is 1.00 bits per heavy atom. The van der Waals surface area contributed by atoms with Gasteiger partial charge in [-0.3, -0.25) is 0 Å². The monoisotopic (exact) mass is 210 g/mol. The topological polar surface area (TPSA) is 54.5 Å². The normalized spacial score (nSPS) is 10.8. The summed E-state index contributed by atoms with van der Waals surface area (Å²) in [6.07, 6.45) is 4.00. The molecule has 0 fully saturated rings. The molecule has 2 heterocycles. The molecule has 3 aromatic rings. The fourth-order valence-corrected chi connectivity index (χ4v) is 1.74. The van der Waals surface area contributed by atoms with Gasteiger partial charge in [0.1, 0.15) is 11.8 Å². The van der Waals surface area contributed by atoms with Crippen LogP contribution in [0, 0.1) is 0 Å². The molecule has 0 unspecified atom stereocenters. The zero-order valence-electron chi connectivity index (χ0n) is 8.59. The molecule has 0 radical (unpaired) electrons. The van der Waals surface area contributed by atoms with E-state index in [0.29, 0.717) is 0 Å². The van der Waals surface area contributed by atoms with Gasteiger partial charge in [0.05, 0.1) is 12.0 Å². The summed E-state index contributed by atoms with van der Waals surface area (Å²) in [5, 5.41) is 0. The Morgan fingerprint density at radius 2 is 1.88 bits per heavy atom. The summed E-state index contributed by atoms with van der Waals surface area (Å²) in [7, 11) is 0. The lowest BCUT2D eigenvalue weighted by atomic mass is 10.1. The predicted octanol–water partition coefficient (Wildman–Crippen LogP) is 1.94. The molecule has 2 aromatic heterocycles. The SMILES string of the molecule is c1ccc(Cc2ncnc3nc[nH]c23)cc1. The molecule has 0 aliphatic heterocycles. The first-order valence-electron chi connectivity index (χ1n) is 5.10. The van der Waals surface area contributed by atoms with Gasteiger partial charge in [0.25, 0.3) is 0 Å². The van der Waals surface area contributed by atoms with Crippen molar-refractivity contribution in [2.45, 2.75) is 6.42 Å². The Balaban J connectivity index is 2.04. The van der Waals surface area contributed by atoms with Gasteiger partial charge in [0, 0.05) is 6.42 Å². The van der Waals surface area contributed by atoms with Gasteiger partial charge in [-0.05, 0) is 5.56 Å². The third kappa shape index (κ3) is 1.54. The number of nitrogens with one attached hydrogen (secondary N) is 1. The minimum atomic E-state index is 0.723. The molecule has 0 aliphatic rings. The molecular weight excluding hydrogens is 200 g/mol. The van der Waals surface area contributed by atoms with Crippen molar-refractivity contribution in [3.8, 4) is 0 Å². The molecule has 4 nitrogen and oxygen atoms in total. The number of hydrogen-bond donors (Lipinski definition) is 1. The van der Waals surface area contributed by atoms with E-state index in [1.165, 1.54) is 5.56 Å². The van der Waals surface area contributed by atoms with Gasteiger partial charge in [-0.15, -0.1) is 0 Å². The highest BCUT2D eigenvalue weighted by Gasteiger charge is 2.05. The van der Waals surface area contributed by atoms with Crippen molar-refractivity contribution < 1.29 is 0 Å². The number of H-pyrrole nitrogens is 1. The minimum absolute atomic E-state index is 0.723. The third-order valence-electron chi connectivity index (χ3n) is 2.52. The number of aromatic nitrogens is 4. The second-order valence-corrected chi connectivity index (χ2v) is 3.58. The first-order chi connectivity index (χ1) is 7.93. The molecular formula is C12H10N4. The van der Waals surface area contributed by atoms with Crippen LogP contribution in [-0.2, 0) is 6.42 Å². The Kier molecular flexibility index (Phi) is 2.11. The molecule has 0 amide bonds. The van der Waals surface area contributed by atoms with Crippen LogP contribution in [0.1, 0.15) is 11.3 Å². The maximum Gasteiger partial charge on any atom is 0.180 e. The van der Waals surface area contributed by atoms with Crippen LogP contribution in [0.25, 0.3) is 11.2 Å². The van der Waals surface area contributed by atoms with Gasteiger partial charge in [-0.2, -0.15) is 0 Å². The van der Waals surface area contributed by atoms with Gasteiger partial charge in [0.2, 0.25) is 0 Å². The molecule has 4 heteroatoms. The van der Waals surface area contributed by atoms with E-state index in [1.54, 1.807) is 12.7 Å². The smallest absolute Gasteiger partial charge is 0.180 e. The Hall–Kier alpha value is -2.23. The lowest BCUT2D eigenvalue weighted by Gasteiger charge is -2.01. The molecule has 0 saturated carbocycles. The highest BCUT2D eigenvalue weighted by molar-refractivity contribution is 5.72. The quantitative estimate of drug-likeness (QED) is 0.703. The lowest BCUT2D eigenvalue weighted by molar-refractivity contribution is 1.05.